The van der Waals surface area contributed by atoms with Crippen molar-refractivity contribution < 1.29 is 19.4 Å². The van der Waals surface area contributed by atoms with E-state index >= 15 is 0 Å². The van der Waals surface area contributed by atoms with Crippen molar-refractivity contribution in [1.82, 2.24) is 5.32 Å². The number of carbonyl (C=O) groups is 2. The number of carboxylic acid groups (broad SMARTS) is 1. The van der Waals surface area contributed by atoms with Gasteiger partial charge in [-0.05, 0) is 37.5 Å². The molecule has 0 heterocycles. The Hall–Kier alpha value is -2.04. The van der Waals surface area contributed by atoms with Gasteiger partial charge in [-0.3, -0.25) is 4.79 Å². The number of ether oxygens (including phenoxy) is 1. The van der Waals surface area contributed by atoms with Crippen LogP contribution in [0.5, 0.6) is 5.75 Å². The second-order valence-electron chi connectivity index (χ2n) is 4.80. The molecule has 1 atom stereocenters. The topological polar surface area (TPSA) is 75.6 Å². The van der Waals surface area contributed by atoms with Gasteiger partial charge in [0, 0.05) is 0 Å². The molecule has 1 aromatic carbocycles. The maximum absolute atomic E-state index is 11.7. The average Bonchev–Trinajstić information content (AvgIpc) is 2.39. The fraction of sp³-hybridized carbons (Fsp3) is 0.467. The first kappa shape index (κ1) is 16.0. The van der Waals surface area contributed by atoms with Gasteiger partial charge in [0.15, 0.2) is 6.61 Å². The van der Waals surface area contributed by atoms with Crippen LogP contribution in [0, 0.1) is 13.8 Å². The number of amides is 1. The van der Waals surface area contributed by atoms with Crippen molar-refractivity contribution in [3.05, 3.63) is 29.3 Å². The Labute approximate surface area is 118 Å². The number of nitrogens with one attached hydrogen (secondary N) is 1. The molecule has 0 spiro atoms. The maximum atomic E-state index is 11.7. The molecular formula is C15H21NO4. The molecule has 0 bridgehead atoms. The lowest BCUT2D eigenvalue weighted by atomic mass is 10.1. The molecule has 0 radical (unpaired) electrons. The molecule has 0 fully saturated rings. The molecular weight excluding hydrogens is 258 g/mol. The van der Waals surface area contributed by atoms with Gasteiger partial charge in [0.05, 0.1) is 0 Å². The molecule has 1 rings (SSSR count). The van der Waals surface area contributed by atoms with E-state index in [4.69, 9.17) is 9.84 Å². The standard InChI is InChI=1S/C15H21NO4/c1-4-5-12(15(18)19)16-14(17)9-20-13-8-10(2)6-7-11(13)3/h6-8,12H,4-5,9H2,1-3H3,(H,16,17)(H,18,19)/t12-/m1/s1. The second kappa shape index (κ2) is 7.53. The maximum Gasteiger partial charge on any atom is 0.326 e. The van der Waals surface area contributed by atoms with E-state index < -0.39 is 17.9 Å². The second-order valence-corrected chi connectivity index (χ2v) is 4.80. The predicted molar refractivity (Wildman–Crippen MR) is 75.9 cm³/mol. The first-order valence-corrected chi connectivity index (χ1v) is 6.66. The molecule has 2 N–H and O–H groups in total. The smallest absolute Gasteiger partial charge is 0.326 e. The van der Waals surface area contributed by atoms with E-state index in [1.807, 2.05) is 39.0 Å². The fourth-order valence-electron chi connectivity index (χ4n) is 1.79. The van der Waals surface area contributed by atoms with Gasteiger partial charge in [-0.1, -0.05) is 25.5 Å². The van der Waals surface area contributed by atoms with E-state index in [9.17, 15) is 9.59 Å². The molecule has 0 aliphatic carbocycles. The Bertz CT molecular complexity index is 485. The van der Waals surface area contributed by atoms with Crippen LogP contribution in [0.4, 0.5) is 0 Å². The Morgan fingerprint density at radius 3 is 2.65 bits per heavy atom. The predicted octanol–water partition coefficient (Wildman–Crippen LogP) is 2.05. The number of aryl methyl sites for hydroxylation is 2. The van der Waals surface area contributed by atoms with Crippen molar-refractivity contribution >= 4 is 11.9 Å². The minimum absolute atomic E-state index is 0.183. The minimum atomic E-state index is -1.02. The molecule has 20 heavy (non-hydrogen) atoms. The summed E-state index contributed by atoms with van der Waals surface area (Å²) in [7, 11) is 0. The highest BCUT2D eigenvalue weighted by molar-refractivity contribution is 5.84. The number of carbonyl (C=O) groups excluding carboxylic acids is 1. The van der Waals surface area contributed by atoms with Crippen molar-refractivity contribution in [2.75, 3.05) is 6.61 Å². The van der Waals surface area contributed by atoms with Crippen LogP contribution in [0.3, 0.4) is 0 Å². The normalized spacial score (nSPS) is 11.8. The summed E-state index contributed by atoms with van der Waals surface area (Å²) in [4.78, 5) is 22.6. The number of hydrogen-bond acceptors (Lipinski definition) is 3. The van der Waals surface area contributed by atoms with Crippen LogP contribution in [0.15, 0.2) is 18.2 Å². The van der Waals surface area contributed by atoms with E-state index in [1.165, 1.54) is 0 Å². The number of rotatable bonds is 7. The molecule has 0 aliphatic rings. The van der Waals surface area contributed by atoms with Crippen molar-refractivity contribution in [3.63, 3.8) is 0 Å². The first-order valence-electron chi connectivity index (χ1n) is 6.66. The highest BCUT2D eigenvalue weighted by atomic mass is 16.5. The molecule has 0 saturated carbocycles. The third-order valence-electron chi connectivity index (χ3n) is 2.91. The molecule has 1 aromatic rings. The summed E-state index contributed by atoms with van der Waals surface area (Å²) < 4.78 is 5.43. The van der Waals surface area contributed by atoms with E-state index in [0.717, 1.165) is 11.1 Å². The van der Waals surface area contributed by atoms with Crippen molar-refractivity contribution in [3.8, 4) is 5.75 Å². The van der Waals surface area contributed by atoms with E-state index in [2.05, 4.69) is 5.32 Å². The Morgan fingerprint density at radius 1 is 1.35 bits per heavy atom. The lowest BCUT2D eigenvalue weighted by Gasteiger charge is -2.14. The van der Waals surface area contributed by atoms with E-state index in [0.29, 0.717) is 18.6 Å². The molecule has 1 amide bonds. The Kier molecular flexibility index (Phi) is 6.03. The Morgan fingerprint density at radius 2 is 2.05 bits per heavy atom. The average molecular weight is 279 g/mol. The molecule has 0 unspecified atom stereocenters. The van der Waals surface area contributed by atoms with Crippen LogP contribution in [0.2, 0.25) is 0 Å². The van der Waals surface area contributed by atoms with Crippen molar-refractivity contribution in [2.24, 2.45) is 0 Å². The van der Waals surface area contributed by atoms with Crippen LogP contribution in [-0.4, -0.2) is 29.6 Å². The zero-order valence-corrected chi connectivity index (χ0v) is 12.1. The van der Waals surface area contributed by atoms with E-state index in [1.54, 1.807) is 0 Å². The first-order chi connectivity index (χ1) is 9.43. The minimum Gasteiger partial charge on any atom is -0.483 e. The monoisotopic (exact) mass is 279 g/mol. The molecule has 5 nitrogen and oxygen atoms in total. The quantitative estimate of drug-likeness (QED) is 0.801. The summed E-state index contributed by atoms with van der Waals surface area (Å²) in [5.41, 5.74) is 1.98. The lowest BCUT2D eigenvalue weighted by molar-refractivity contribution is -0.142. The largest absolute Gasteiger partial charge is 0.483 e. The summed E-state index contributed by atoms with van der Waals surface area (Å²) in [6, 6.07) is 4.88. The third kappa shape index (κ3) is 4.91. The summed E-state index contributed by atoms with van der Waals surface area (Å²) in [5.74, 6) is -0.804. The number of benzene rings is 1. The fourth-order valence-corrected chi connectivity index (χ4v) is 1.79. The summed E-state index contributed by atoms with van der Waals surface area (Å²) >= 11 is 0. The molecule has 5 heteroatoms. The number of carboxylic acids is 1. The molecule has 0 aliphatic heterocycles. The number of hydrogen-bond donors (Lipinski definition) is 2. The highest BCUT2D eigenvalue weighted by Crippen LogP contribution is 2.18. The van der Waals surface area contributed by atoms with Gasteiger partial charge < -0.3 is 15.2 Å². The van der Waals surface area contributed by atoms with Gasteiger partial charge in [0.25, 0.3) is 5.91 Å². The van der Waals surface area contributed by atoms with Gasteiger partial charge in [0.1, 0.15) is 11.8 Å². The number of aliphatic carboxylic acids is 1. The van der Waals surface area contributed by atoms with E-state index in [-0.39, 0.29) is 6.61 Å². The Balaban J connectivity index is 2.54. The highest BCUT2D eigenvalue weighted by Gasteiger charge is 2.18. The zero-order chi connectivity index (χ0) is 15.1. The lowest BCUT2D eigenvalue weighted by Crippen LogP contribution is -2.42. The van der Waals surface area contributed by atoms with Crippen LogP contribution in [-0.2, 0) is 9.59 Å². The van der Waals surface area contributed by atoms with Gasteiger partial charge >= 0.3 is 5.97 Å². The summed E-state index contributed by atoms with van der Waals surface area (Å²) in [6.07, 6.45) is 1.10. The van der Waals surface area contributed by atoms with Crippen molar-refractivity contribution in [2.45, 2.75) is 39.7 Å². The molecule has 0 saturated heterocycles. The molecule has 110 valence electrons. The van der Waals surface area contributed by atoms with Gasteiger partial charge in [-0.15, -0.1) is 0 Å². The zero-order valence-electron chi connectivity index (χ0n) is 12.1. The third-order valence-corrected chi connectivity index (χ3v) is 2.91. The van der Waals surface area contributed by atoms with Gasteiger partial charge in [0.2, 0.25) is 0 Å². The van der Waals surface area contributed by atoms with Gasteiger partial charge in [-0.25, -0.2) is 4.79 Å². The van der Waals surface area contributed by atoms with Crippen LogP contribution in [0.1, 0.15) is 30.9 Å². The summed E-state index contributed by atoms with van der Waals surface area (Å²) in [5, 5.41) is 11.4. The van der Waals surface area contributed by atoms with Crippen LogP contribution >= 0.6 is 0 Å². The SMILES string of the molecule is CCC[C@@H](NC(=O)COc1cc(C)ccc1C)C(=O)O. The molecule has 0 aromatic heterocycles. The van der Waals surface area contributed by atoms with Gasteiger partial charge in [-0.2, -0.15) is 0 Å². The van der Waals surface area contributed by atoms with Crippen LogP contribution in [0.25, 0.3) is 0 Å². The summed E-state index contributed by atoms with van der Waals surface area (Å²) in [6.45, 7) is 5.52. The van der Waals surface area contributed by atoms with Crippen molar-refractivity contribution in [1.29, 1.82) is 0 Å². The van der Waals surface area contributed by atoms with Crippen LogP contribution < -0.4 is 10.1 Å².